The van der Waals surface area contributed by atoms with Crippen molar-refractivity contribution in [3.05, 3.63) is 102 Å². The lowest BCUT2D eigenvalue weighted by molar-refractivity contribution is 0.0679. The van der Waals surface area contributed by atoms with Crippen molar-refractivity contribution in [2.45, 2.75) is 18.9 Å². The number of nitrogens with zero attached hydrogens (tertiary/aromatic N) is 1. The maximum Gasteiger partial charge on any atom is 0.265 e. The summed E-state index contributed by atoms with van der Waals surface area (Å²) < 4.78 is 11.3. The van der Waals surface area contributed by atoms with E-state index < -0.39 is 0 Å². The van der Waals surface area contributed by atoms with Gasteiger partial charge in [0.2, 0.25) is 0 Å². The number of anilines is 2. The SMILES string of the molecule is O=C(Nc1ccc(N2C(=O)c3cccc4cccc(c34)C2=O)cc1)c1ccc(OCC2CCCO2)cc1. The summed E-state index contributed by atoms with van der Waals surface area (Å²) in [5.74, 6) is -0.325. The lowest BCUT2D eigenvalue weighted by atomic mass is 9.94. The largest absolute Gasteiger partial charge is 0.491 e. The van der Waals surface area contributed by atoms with Crippen LogP contribution in [-0.2, 0) is 4.74 Å². The molecule has 7 heteroatoms. The lowest BCUT2D eigenvalue weighted by Crippen LogP contribution is -2.40. The number of ether oxygens (including phenoxy) is 2. The highest BCUT2D eigenvalue weighted by molar-refractivity contribution is 6.35. The Kier molecular flexibility index (Phi) is 5.90. The molecule has 0 aromatic heterocycles. The molecular formula is C30H24N2O5. The fourth-order valence-electron chi connectivity index (χ4n) is 4.83. The Bertz CT molecular complexity index is 1460. The highest BCUT2D eigenvalue weighted by Crippen LogP contribution is 2.33. The van der Waals surface area contributed by atoms with E-state index in [9.17, 15) is 14.4 Å². The number of carbonyl (C=O) groups is 3. The molecule has 2 aliphatic rings. The van der Waals surface area contributed by atoms with Gasteiger partial charge in [-0.1, -0.05) is 24.3 Å². The van der Waals surface area contributed by atoms with Gasteiger partial charge in [0, 0.05) is 34.4 Å². The first-order valence-electron chi connectivity index (χ1n) is 12.2. The first-order chi connectivity index (χ1) is 18.1. The van der Waals surface area contributed by atoms with Crippen molar-refractivity contribution >= 4 is 39.9 Å². The van der Waals surface area contributed by atoms with Crippen LogP contribution in [-0.4, -0.2) is 37.0 Å². The topological polar surface area (TPSA) is 84.9 Å². The molecule has 1 atom stereocenters. The van der Waals surface area contributed by atoms with E-state index in [-0.39, 0.29) is 23.8 Å². The Morgan fingerprint density at radius 3 is 2.19 bits per heavy atom. The molecule has 3 amide bonds. The summed E-state index contributed by atoms with van der Waals surface area (Å²) in [5.41, 5.74) is 2.46. The van der Waals surface area contributed by atoms with Crippen molar-refractivity contribution in [2.24, 2.45) is 0 Å². The Balaban J connectivity index is 1.14. The van der Waals surface area contributed by atoms with Crippen LogP contribution in [0.4, 0.5) is 11.4 Å². The van der Waals surface area contributed by atoms with Crippen LogP contribution in [0.5, 0.6) is 5.75 Å². The first kappa shape index (κ1) is 22.9. The molecule has 0 spiro atoms. The number of nitrogens with one attached hydrogen (secondary N) is 1. The lowest BCUT2D eigenvalue weighted by Gasteiger charge is -2.27. The Hall–Kier alpha value is -4.49. The molecule has 0 aliphatic carbocycles. The van der Waals surface area contributed by atoms with Crippen molar-refractivity contribution in [3.8, 4) is 5.75 Å². The van der Waals surface area contributed by atoms with Crippen LogP contribution in [0.25, 0.3) is 10.8 Å². The van der Waals surface area contributed by atoms with Crippen LogP contribution in [0.15, 0.2) is 84.9 Å². The minimum Gasteiger partial charge on any atom is -0.491 e. The van der Waals surface area contributed by atoms with Gasteiger partial charge in [0.15, 0.2) is 0 Å². The van der Waals surface area contributed by atoms with Crippen LogP contribution < -0.4 is 15.0 Å². The summed E-state index contributed by atoms with van der Waals surface area (Å²) in [6.45, 7) is 1.28. The highest BCUT2D eigenvalue weighted by atomic mass is 16.5. The number of amides is 3. The number of hydrogen-bond acceptors (Lipinski definition) is 5. The average molecular weight is 493 g/mol. The van der Waals surface area contributed by atoms with E-state index in [1.54, 1.807) is 60.7 Å². The molecule has 184 valence electrons. The zero-order chi connectivity index (χ0) is 25.4. The molecule has 4 aromatic rings. The molecule has 2 heterocycles. The Morgan fingerprint density at radius 2 is 1.57 bits per heavy atom. The molecule has 7 nitrogen and oxygen atoms in total. The van der Waals surface area contributed by atoms with Gasteiger partial charge in [0.25, 0.3) is 17.7 Å². The molecule has 4 aromatic carbocycles. The second kappa shape index (κ2) is 9.52. The normalized spacial score (nSPS) is 16.8. The standard InChI is InChI=1S/C30H24N2O5/c33-28(20-9-15-23(16-10-20)37-18-24-6-3-17-36-24)31-21-11-13-22(14-12-21)32-29(34)25-7-1-4-19-5-2-8-26(27(19)25)30(32)35/h1-2,4-5,7-16,24H,3,6,17-18H2,(H,31,33). The third-order valence-electron chi connectivity index (χ3n) is 6.73. The molecule has 6 rings (SSSR count). The zero-order valence-electron chi connectivity index (χ0n) is 20.0. The molecule has 2 aliphatic heterocycles. The molecule has 1 saturated heterocycles. The first-order valence-corrected chi connectivity index (χ1v) is 12.2. The summed E-state index contributed by atoms with van der Waals surface area (Å²) in [6, 6.07) is 24.5. The van der Waals surface area contributed by atoms with Gasteiger partial charge in [-0.2, -0.15) is 0 Å². The summed E-state index contributed by atoms with van der Waals surface area (Å²) in [5, 5.41) is 4.39. The number of imide groups is 1. The van der Waals surface area contributed by atoms with Gasteiger partial charge < -0.3 is 14.8 Å². The summed E-state index contributed by atoms with van der Waals surface area (Å²) in [6.07, 6.45) is 2.19. The highest BCUT2D eigenvalue weighted by Gasteiger charge is 2.33. The monoisotopic (exact) mass is 492 g/mol. The average Bonchev–Trinajstić information content (AvgIpc) is 3.45. The van der Waals surface area contributed by atoms with E-state index in [1.807, 2.05) is 24.3 Å². The number of benzene rings is 4. The van der Waals surface area contributed by atoms with Gasteiger partial charge in [0.1, 0.15) is 12.4 Å². The molecule has 1 fully saturated rings. The van der Waals surface area contributed by atoms with Crippen LogP contribution in [0.3, 0.4) is 0 Å². The Labute approximate surface area is 213 Å². The molecule has 0 radical (unpaired) electrons. The van der Waals surface area contributed by atoms with E-state index in [1.165, 1.54) is 4.90 Å². The van der Waals surface area contributed by atoms with E-state index in [4.69, 9.17) is 9.47 Å². The van der Waals surface area contributed by atoms with E-state index in [2.05, 4.69) is 5.32 Å². The van der Waals surface area contributed by atoms with Crippen LogP contribution in [0.2, 0.25) is 0 Å². The van der Waals surface area contributed by atoms with E-state index in [0.29, 0.717) is 45.8 Å². The number of carbonyl (C=O) groups excluding carboxylic acids is 3. The molecule has 1 N–H and O–H groups in total. The van der Waals surface area contributed by atoms with Crippen molar-refractivity contribution in [3.63, 3.8) is 0 Å². The second-order valence-electron chi connectivity index (χ2n) is 9.13. The van der Waals surface area contributed by atoms with Crippen LogP contribution in [0, 0.1) is 0 Å². The van der Waals surface area contributed by atoms with Gasteiger partial charge in [-0.15, -0.1) is 0 Å². The fourth-order valence-corrected chi connectivity index (χ4v) is 4.83. The van der Waals surface area contributed by atoms with Crippen LogP contribution >= 0.6 is 0 Å². The third-order valence-corrected chi connectivity index (χ3v) is 6.73. The molecule has 0 bridgehead atoms. The van der Waals surface area contributed by atoms with Gasteiger partial charge in [-0.05, 0) is 78.9 Å². The zero-order valence-corrected chi connectivity index (χ0v) is 20.0. The number of hydrogen-bond donors (Lipinski definition) is 1. The molecule has 37 heavy (non-hydrogen) atoms. The van der Waals surface area contributed by atoms with Gasteiger partial charge in [-0.3, -0.25) is 14.4 Å². The van der Waals surface area contributed by atoms with Crippen molar-refractivity contribution in [1.29, 1.82) is 0 Å². The van der Waals surface area contributed by atoms with E-state index >= 15 is 0 Å². The van der Waals surface area contributed by atoms with Gasteiger partial charge in [-0.25, -0.2) is 4.90 Å². The smallest absolute Gasteiger partial charge is 0.265 e. The summed E-state index contributed by atoms with van der Waals surface area (Å²) >= 11 is 0. The van der Waals surface area contributed by atoms with E-state index in [0.717, 1.165) is 24.8 Å². The van der Waals surface area contributed by atoms with Gasteiger partial charge in [0.05, 0.1) is 11.8 Å². The third kappa shape index (κ3) is 4.34. The molecular weight excluding hydrogens is 468 g/mol. The quantitative estimate of drug-likeness (QED) is 0.362. The van der Waals surface area contributed by atoms with Crippen LogP contribution in [0.1, 0.15) is 43.9 Å². The fraction of sp³-hybridized carbons (Fsp3) is 0.167. The maximum absolute atomic E-state index is 13.2. The molecule has 1 unspecified atom stereocenters. The predicted octanol–water partition coefficient (Wildman–Crippen LogP) is 5.45. The minimum absolute atomic E-state index is 0.130. The summed E-state index contributed by atoms with van der Waals surface area (Å²) in [7, 11) is 0. The number of rotatable bonds is 6. The second-order valence-corrected chi connectivity index (χ2v) is 9.13. The van der Waals surface area contributed by atoms with Gasteiger partial charge >= 0.3 is 0 Å². The molecule has 0 saturated carbocycles. The Morgan fingerprint density at radius 1 is 0.892 bits per heavy atom. The predicted molar refractivity (Wildman–Crippen MR) is 140 cm³/mol. The van der Waals surface area contributed by atoms with Crippen molar-refractivity contribution in [1.82, 2.24) is 0 Å². The minimum atomic E-state index is -0.368. The maximum atomic E-state index is 13.2. The van der Waals surface area contributed by atoms with Crippen molar-refractivity contribution < 1.29 is 23.9 Å². The summed E-state index contributed by atoms with van der Waals surface area (Å²) in [4.78, 5) is 40.4. The van der Waals surface area contributed by atoms with Crippen molar-refractivity contribution in [2.75, 3.05) is 23.4 Å².